The molecule has 0 saturated carbocycles. The molecule has 3 rings (SSSR count). The van der Waals surface area contributed by atoms with Gasteiger partial charge in [0, 0.05) is 19.6 Å². The smallest absolute Gasteiger partial charge is 0.321 e. The quantitative estimate of drug-likeness (QED) is 0.740. The lowest BCUT2D eigenvalue weighted by atomic mass is 9.95. The first-order chi connectivity index (χ1) is 13.1. The van der Waals surface area contributed by atoms with Crippen LogP contribution >= 0.6 is 0 Å². The zero-order chi connectivity index (χ0) is 19.1. The average molecular weight is 376 g/mol. The maximum atomic E-state index is 13.7. The van der Waals surface area contributed by atoms with Gasteiger partial charge in [0.15, 0.2) is 0 Å². The largest absolute Gasteiger partial charge is 0.356 e. The van der Waals surface area contributed by atoms with Crippen molar-refractivity contribution in [2.24, 2.45) is 11.8 Å². The molecule has 0 aliphatic carbocycles. The maximum Gasteiger partial charge on any atom is 0.321 e. The van der Waals surface area contributed by atoms with E-state index in [1.165, 1.54) is 25.0 Å². The van der Waals surface area contributed by atoms with E-state index in [-0.39, 0.29) is 23.5 Å². The van der Waals surface area contributed by atoms with E-state index >= 15 is 0 Å². The number of amides is 3. The van der Waals surface area contributed by atoms with Crippen LogP contribution in [0, 0.1) is 17.7 Å². The van der Waals surface area contributed by atoms with Gasteiger partial charge >= 0.3 is 6.03 Å². The highest BCUT2D eigenvalue weighted by Crippen LogP contribution is 2.19. The highest BCUT2D eigenvalue weighted by Gasteiger charge is 2.28. The summed E-state index contributed by atoms with van der Waals surface area (Å²) in [6, 6.07) is 5.74. The fraction of sp³-hybridized carbons (Fsp3) is 0.600. The fourth-order valence-electron chi connectivity index (χ4n) is 3.85. The van der Waals surface area contributed by atoms with Gasteiger partial charge in [-0.1, -0.05) is 12.1 Å². The minimum atomic E-state index is -0.464. The summed E-state index contributed by atoms with van der Waals surface area (Å²) in [6.45, 7) is 3.76. The lowest BCUT2D eigenvalue weighted by Gasteiger charge is -2.32. The summed E-state index contributed by atoms with van der Waals surface area (Å²) in [5.41, 5.74) is 0.162. The summed E-state index contributed by atoms with van der Waals surface area (Å²) in [4.78, 5) is 26.5. The highest BCUT2D eigenvalue weighted by molar-refractivity contribution is 5.90. The molecule has 1 aromatic carbocycles. The Labute approximate surface area is 159 Å². The molecule has 2 unspecified atom stereocenters. The van der Waals surface area contributed by atoms with Crippen molar-refractivity contribution < 1.29 is 14.0 Å². The predicted octanol–water partition coefficient (Wildman–Crippen LogP) is 2.58. The number of hydrogen-bond donors (Lipinski definition) is 3. The Hall–Kier alpha value is -2.15. The Balaban J connectivity index is 1.44. The number of carbonyl (C=O) groups excluding carboxylic acids is 2. The molecule has 2 saturated heterocycles. The minimum Gasteiger partial charge on any atom is -0.356 e. The summed E-state index contributed by atoms with van der Waals surface area (Å²) in [5.74, 6) is -0.0143. The van der Waals surface area contributed by atoms with Crippen LogP contribution in [-0.2, 0) is 4.79 Å². The molecule has 2 aliphatic rings. The zero-order valence-electron chi connectivity index (χ0n) is 15.7. The van der Waals surface area contributed by atoms with Crippen molar-refractivity contribution in [2.75, 3.05) is 38.0 Å². The number of para-hydroxylation sites is 1. The van der Waals surface area contributed by atoms with Crippen LogP contribution in [0.25, 0.3) is 0 Å². The van der Waals surface area contributed by atoms with Gasteiger partial charge in [-0.25, -0.2) is 9.18 Å². The predicted molar refractivity (Wildman–Crippen MR) is 103 cm³/mol. The number of nitrogens with zero attached hydrogens (tertiary/aromatic N) is 1. The van der Waals surface area contributed by atoms with Crippen LogP contribution in [-0.4, -0.2) is 49.6 Å². The van der Waals surface area contributed by atoms with Gasteiger partial charge in [-0.3, -0.25) is 4.79 Å². The number of halogens is 1. The summed E-state index contributed by atoms with van der Waals surface area (Å²) in [5, 5.41) is 9.02. The maximum absolute atomic E-state index is 13.7. The first kappa shape index (κ1) is 19.6. The van der Waals surface area contributed by atoms with Gasteiger partial charge in [-0.05, 0) is 63.2 Å². The average Bonchev–Trinajstić information content (AvgIpc) is 2.70. The first-order valence-electron chi connectivity index (χ1n) is 9.92. The highest BCUT2D eigenvalue weighted by atomic mass is 19.1. The van der Waals surface area contributed by atoms with Crippen molar-refractivity contribution in [2.45, 2.75) is 32.1 Å². The van der Waals surface area contributed by atoms with Crippen molar-refractivity contribution in [1.29, 1.82) is 0 Å². The van der Waals surface area contributed by atoms with Gasteiger partial charge in [0.2, 0.25) is 5.91 Å². The fourth-order valence-corrected chi connectivity index (χ4v) is 3.85. The van der Waals surface area contributed by atoms with E-state index in [1.807, 2.05) is 0 Å². The van der Waals surface area contributed by atoms with Gasteiger partial charge in [0.25, 0.3) is 0 Å². The van der Waals surface area contributed by atoms with Crippen molar-refractivity contribution >= 4 is 17.6 Å². The summed E-state index contributed by atoms with van der Waals surface area (Å²) in [7, 11) is 0. The van der Waals surface area contributed by atoms with E-state index in [0.717, 1.165) is 32.4 Å². The molecule has 1 aromatic rings. The molecule has 0 bridgehead atoms. The molecule has 3 amide bonds. The molecule has 0 spiro atoms. The molecule has 2 aliphatic heterocycles. The lowest BCUT2D eigenvalue weighted by molar-refractivity contribution is -0.126. The van der Waals surface area contributed by atoms with Gasteiger partial charge in [0.05, 0.1) is 11.6 Å². The second-order valence-electron chi connectivity index (χ2n) is 7.49. The van der Waals surface area contributed by atoms with Crippen molar-refractivity contribution in [3.63, 3.8) is 0 Å². The van der Waals surface area contributed by atoms with E-state index < -0.39 is 5.82 Å². The molecule has 0 aromatic heterocycles. The molecular weight excluding hydrogens is 347 g/mol. The number of anilines is 1. The Morgan fingerprint density at radius 3 is 2.85 bits per heavy atom. The third kappa shape index (κ3) is 5.66. The van der Waals surface area contributed by atoms with Crippen LogP contribution < -0.4 is 16.0 Å². The third-order valence-electron chi connectivity index (χ3n) is 5.45. The molecule has 0 radical (unpaired) electrons. The number of rotatable bonds is 5. The van der Waals surface area contributed by atoms with Gasteiger partial charge in [0.1, 0.15) is 5.82 Å². The van der Waals surface area contributed by atoms with Crippen molar-refractivity contribution in [1.82, 2.24) is 15.5 Å². The summed E-state index contributed by atoms with van der Waals surface area (Å²) >= 11 is 0. The van der Waals surface area contributed by atoms with Crippen molar-refractivity contribution in [3.8, 4) is 0 Å². The standard InChI is InChI=1S/C20H29FN4O2/c21-17-7-1-2-8-18(17)24-20(27)25-12-4-6-16(14-25)19(26)23-11-9-15-5-3-10-22-13-15/h1-2,7-8,15-16,22H,3-6,9-14H2,(H,23,26)(H,24,27). The van der Waals surface area contributed by atoms with Crippen molar-refractivity contribution in [3.05, 3.63) is 30.1 Å². The molecule has 3 N–H and O–H groups in total. The van der Waals surface area contributed by atoms with Crippen LogP contribution in [0.2, 0.25) is 0 Å². The molecule has 148 valence electrons. The second-order valence-corrected chi connectivity index (χ2v) is 7.49. The number of urea groups is 1. The Kier molecular flexibility index (Phi) is 7.04. The van der Waals surface area contributed by atoms with E-state index in [0.29, 0.717) is 25.6 Å². The molecule has 2 heterocycles. The second kappa shape index (κ2) is 9.69. The molecule has 6 nitrogen and oxygen atoms in total. The van der Waals surface area contributed by atoms with Crippen LogP contribution in [0.1, 0.15) is 32.1 Å². The van der Waals surface area contributed by atoms with Crippen LogP contribution in [0.15, 0.2) is 24.3 Å². The number of carbonyl (C=O) groups is 2. The normalized spacial score (nSPS) is 22.9. The topological polar surface area (TPSA) is 73.5 Å². The number of benzene rings is 1. The molecule has 2 fully saturated rings. The molecule has 7 heteroatoms. The number of likely N-dealkylation sites (tertiary alicyclic amines) is 1. The Morgan fingerprint density at radius 2 is 2.07 bits per heavy atom. The summed E-state index contributed by atoms with van der Waals surface area (Å²) in [6.07, 6.45) is 4.96. The SMILES string of the molecule is O=C(NCCC1CCCNC1)C1CCCN(C(=O)Nc2ccccc2F)C1. The van der Waals surface area contributed by atoms with Crippen LogP contribution in [0.4, 0.5) is 14.9 Å². The number of piperidine rings is 2. The number of nitrogens with one attached hydrogen (secondary N) is 3. The van der Waals surface area contributed by atoms with E-state index in [9.17, 15) is 14.0 Å². The Morgan fingerprint density at radius 1 is 1.22 bits per heavy atom. The first-order valence-corrected chi connectivity index (χ1v) is 9.92. The zero-order valence-corrected chi connectivity index (χ0v) is 15.7. The van der Waals surface area contributed by atoms with E-state index in [4.69, 9.17) is 0 Å². The number of hydrogen-bond acceptors (Lipinski definition) is 3. The summed E-state index contributed by atoms with van der Waals surface area (Å²) < 4.78 is 13.7. The minimum absolute atomic E-state index is 0.0159. The lowest BCUT2D eigenvalue weighted by Crippen LogP contribution is -2.47. The molecule has 2 atom stereocenters. The van der Waals surface area contributed by atoms with Crippen LogP contribution in [0.3, 0.4) is 0 Å². The Bertz CT molecular complexity index is 649. The van der Waals surface area contributed by atoms with Gasteiger partial charge < -0.3 is 20.9 Å². The molecular formula is C20H29FN4O2. The molecule has 27 heavy (non-hydrogen) atoms. The van der Waals surface area contributed by atoms with E-state index in [2.05, 4.69) is 16.0 Å². The van der Waals surface area contributed by atoms with E-state index in [1.54, 1.807) is 17.0 Å². The van der Waals surface area contributed by atoms with Gasteiger partial charge in [-0.15, -0.1) is 0 Å². The van der Waals surface area contributed by atoms with Crippen LogP contribution in [0.5, 0.6) is 0 Å². The van der Waals surface area contributed by atoms with Gasteiger partial charge in [-0.2, -0.15) is 0 Å². The third-order valence-corrected chi connectivity index (χ3v) is 5.45. The monoisotopic (exact) mass is 376 g/mol.